The number of benzene rings is 1. The minimum atomic E-state index is 0. The third kappa shape index (κ3) is 4.10. The van der Waals surface area contributed by atoms with Gasteiger partial charge in [0.2, 0.25) is 0 Å². The van der Waals surface area contributed by atoms with Crippen LogP contribution >= 0.6 is 12.4 Å². The lowest BCUT2D eigenvalue weighted by molar-refractivity contribution is 0.323. The number of fused-ring (bicyclic) bond motifs is 1. The van der Waals surface area contributed by atoms with Crippen LogP contribution in [0.15, 0.2) is 18.2 Å². The second-order valence-electron chi connectivity index (χ2n) is 4.11. The number of ether oxygens (including phenoxy) is 1. The molecule has 1 aliphatic rings. The number of hydrogen-bond acceptors (Lipinski definition) is 3. The van der Waals surface area contributed by atoms with Gasteiger partial charge in [-0.15, -0.1) is 12.4 Å². The van der Waals surface area contributed by atoms with Gasteiger partial charge in [0.1, 0.15) is 12.4 Å². The van der Waals surface area contributed by atoms with E-state index in [9.17, 15) is 0 Å². The largest absolute Gasteiger partial charge is 0.490 e. The number of hydrogen-bond donors (Lipinski definition) is 2. The topological polar surface area (TPSA) is 33.3 Å². The van der Waals surface area contributed by atoms with E-state index in [2.05, 4.69) is 35.8 Å². The van der Waals surface area contributed by atoms with E-state index in [1.807, 2.05) is 0 Å². The smallest absolute Gasteiger partial charge is 0.142 e. The second-order valence-corrected chi connectivity index (χ2v) is 4.11. The molecule has 0 aromatic heterocycles. The fraction of sp³-hybridized carbons (Fsp3) is 0.538. The van der Waals surface area contributed by atoms with E-state index in [0.29, 0.717) is 0 Å². The standard InChI is InChI=1S/C13H20N2O.ClH/c1-2-6-14-7-5-11-3-4-13-12(10-11)15-8-9-16-13;/h3-4,10,14-15H,2,5-9H2,1H3;1H. The molecule has 0 spiro atoms. The molecule has 0 aliphatic carbocycles. The Morgan fingerprint density at radius 1 is 1.35 bits per heavy atom. The number of nitrogens with one attached hydrogen (secondary N) is 2. The summed E-state index contributed by atoms with van der Waals surface area (Å²) in [6.45, 7) is 6.02. The third-order valence-corrected chi connectivity index (χ3v) is 2.74. The minimum Gasteiger partial charge on any atom is -0.490 e. The first-order valence-corrected chi connectivity index (χ1v) is 6.10. The van der Waals surface area contributed by atoms with Crippen LogP contribution < -0.4 is 15.4 Å². The first-order valence-electron chi connectivity index (χ1n) is 6.10. The highest BCUT2D eigenvalue weighted by Gasteiger charge is 2.09. The van der Waals surface area contributed by atoms with Crippen molar-refractivity contribution in [2.24, 2.45) is 0 Å². The Kier molecular flexibility index (Phi) is 6.16. The SMILES string of the molecule is CCCNCCc1ccc2c(c1)NCCO2.Cl. The van der Waals surface area contributed by atoms with Crippen molar-refractivity contribution >= 4 is 18.1 Å². The van der Waals surface area contributed by atoms with Gasteiger partial charge < -0.3 is 15.4 Å². The van der Waals surface area contributed by atoms with Crippen molar-refractivity contribution < 1.29 is 4.74 Å². The van der Waals surface area contributed by atoms with Gasteiger partial charge in [-0.25, -0.2) is 0 Å². The monoisotopic (exact) mass is 256 g/mol. The molecule has 0 bridgehead atoms. The maximum atomic E-state index is 5.54. The Balaban J connectivity index is 0.00000144. The first kappa shape index (κ1) is 14.1. The normalized spacial score (nSPS) is 13.0. The number of anilines is 1. The van der Waals surface area contributed by atoms with Crippen LogP contribution in [0.4, 0.5) is 5.69 Å². The molecule has 2 N–H and O–H groups in total. The summed E-state index contributed by atoms with van der Waals surface area (Å²) < 4.78 is 5.54. The summed E-state index contributed by atoms with van der Waals surface area (Å²) in [5, 5.41) is 6.77. The second kappa shape index (κ2) is 7.41. The maximum Gasteiger partial charge on any atom is 0.142 e. The zero-order valence-electron chi connectivity index (χ0n) is 10.3. The molecule has 1 aliphatic heterocycles. The highest BCUT2D eigenvalue weighted by atomic mass is 35.5. The van der Waals surface area contributed by atoms with E-state index < -0.39 is 0 Å². The molecule has 1 aromatic rings. The zero-order valence-corrected chi connectivity index (χ0v) is 11.1. The van der Waals surface area contributed by atoms with Crippen LogP contribution in [-0.2, 0) is 6.42 Å². The Hall–Kier alpha value is -0.930. The van der Waals surface area contributed by atoms with Gasteiger partial charge in [0.25, 0.3) is 0 Å². The van der Waals surface area contributed by atoms with Crippen molar-refractivity contribution in [3.8, 4) is 5.75 Å². The summed E-state index contributed by atoms with van der Waals surface area (Å²) >= 11 is 0. The number of rotatable bonds is 5. The quantitative estimate of drug-likeness (QED) is 0.794. The van der Waals surface area contributed by atoms with Crippen LogP contribution in [0, 0.1) is 0 Å². The fourth-order valence-corrected chi connectivity index (χ4v) is 1.88. The molecule has 2 rings (SSSR count). The summed E-state index contributed by atoms with van der Waals surface area (Å²) in [6, 6.07) is 6.41. The van der Waals surface area contributed by atoms with Crippen molar-refractivity contribution in [2.75, 3.05) is 31.6 Å². The van der Waals surface area contributed by atoms with Crippen molar-refractivity contribution in [1.29, 1.82) is 0 Å². The summed E-state index contributed by atoms with van der Waals surface area (Å²) in [5.41, 5.74) is 2.50. The van der Waals surface area contributed by atoms with Crippen LogP contribution in [0.1, 0.15) is 18.9 Å². The Labute approximate surface area is 109 Å². The highest BCUT2D eigenvalue weighted by Crippen LogP contribution is 2.27. The summed E-state index contributed by atoms with van der Waals surface area (Å²) in [4.78, 5) is 0. The molecular formula is C13H21ClN2O. The molecule has 0 amide bonds. The predicted molar refractivity (Wildman–Crippen MR) is 74.5 cm³/mol. The molecule has 0 atom stereocenters. The van der Waals surface area contributed by atoms with Crippen LogP contribution in [0.25, 0.3) is 0 Å². The first-order chi connectivity index (χ1) is 7.90. The van der Waals surface area contributed by atoms with E-state index >= 15 is 0 Å². The molecule has 0 unspecified atom stereocenters. The average molecular weight is 257 g/mol. The van der Waals surface area contributed by atoms with E-state index in [0.717, 1.165) is 44.1 Å². The molecule has 96 valence electrons. The van der Waals surface area contributed by atoms with Crippen LogP contribution in [0.2, 0.25) is 0 Å². The zero-order chi connectivity index (χ0) is 11.2. The van der Waals surface area contributed by atoms with Gasteiger partial charge in [-0.05, 0) is 43.6 Å². The van der Waals surface area contributed by atoms with Gasteiger partial charge in [0.15, 0.2) is 0 Å². The lowest BCUT2D eigenvalue weighted by atomic mass is 10.1. The maximum absolute atomic E-state index is 5.54. The predicted octanol–water partition coefficient (Wildman–Crippen LogP) is 2.45. The van der Waals surface area contributed by atoms with Gasteiger partial charge >= 0.3 is 0 Å². The van der Waals surface area contributed by atoms with Gasteiger partial charge in [-0.3, -0.25) is 0 Å². The van der Waals surface area contributed by atoms with E-state index in [1.165, 1.54) is 12.0 Å². The van der Waals surface area contributed by atoms with Crippen LogP contribution in [-0.4, -0.2) is 26.2 Å². The molecule has 1 heterocycles. The van der Waals surface area contributed by atoms with Crippen LogP contribution in [0.5, 0.6) is 5.75 Å². The Morgan fingerprint density at radius 2 is 2.24 bits per heavy atom. The Bertz CT molecular complexity index is 344. The van der Waals surface area contributed by atoms with E-state index in [4.69, 9.17) is 4.74 Å². The molecule has 1 aromatic carbocycles. The Morgan fingerprint density at radius 3 is 3.06 bits per heavy atom. The summed E-state index contributed by atoms with van der Waals surface area (Å²) in [5.74, 6) is 0.983. The van der Waals surface area contributed by atoms with E-state index in [-0.39, 0.29) is 12.4 Å². The van der Waals surface area contributed by atoms with Crippen molar-refractivity contribution in [1.82, 2.24) is 5.32 Å². The fourth-order valence-electron chi connectivity index (χ4n) is 1.88. The molecule has 3 nitrogen and oxygen atoms in total. The van der Waals surface area contributed by atoms with Crippen molar-refractivity contribution in [3.63, 3.8) is 0 Å². The molecule has 0 radical (unpaired) electrons. The van der Waals surface area contributed by atoms with E-state index in [1.54, 1.807) is 0 Å². The van der Waals surface area contributed by atoms with Gasteiger partial charge in [-0.1, -0.05) is 13.0 Å². The van der Waals surface area contributed by atoms with Gasteiger partial charge in [0.05, 0.1) is 5.69 Å². The average Bonchev–Trinajstić information content (AvgIpc) is 2.34. The van der Waals surface area contributed by atoms with Crippen molar-refractivity contribution in [3.05, 3.63) is 23.8 Å². The number of halogens is 1. The molecule has 0 fully saturated rings. The summed E-state index contributed by atoms with van der Waals surface area (Å²) in [6.07, 6.45) is 2.27. The van der Waals surface area contributed by atoms with Gasteiger partial charge in [-0.2, -0.15) is 0 Å². The lowest BCUT2D eigenvalue weighted by Crippen LogP contribution is -2.19. The molecule has 17 heavy (non-hydrogen) atoms. The molecular weight excluding hydrogens is 236 g/mol. The lowest BCUT2D eigenvalue weighted by Gasteiger charge is -2.19. The van der Waals surface area contributed by atoms with Gasteiger partial charge in [0, 0.05) is 6.54 Å². The van der Waals surface area contributed by atoms with Crippen molar-refractivity contribution in [2.45, 2.75) is 19.8 Å². The molecule has 4 heteroatoms. The summed E-state index contributed by atoms with van der Waals surface area (Å²) in [7, 11) is 0. The molecule has 0 saturated carbocycles. The minimum absolute atomic E-state index is 0. The van der Waals surface area contributed by atoms with Crippen LogP contribution in [0.3, 0.4) is 0 Å². The third-order valence-electron chi connectivity index (χ3n) is 2.74. The molecule has 0 saturated heterocycles. The highest BCUT2D eigenvalue weighted by molar-refractivity contribution is 5.85.